The van der Waals surface area contributed by atoms with Crippen molar-refractivity contribution in [2.75, 3.05) is 26.2 Å². The smallest absolute Gasteiger partial charge is 0.248 e. The van der Waals surface area contributed by atoms with Crippen LogP contribution < -0.4 is 0 Å². The number of aliphatic hydroxyl groups excluding tert-OH is 1. The summed E-state index contributed by atoms with van der Waals surface area (Å²) in [6, 6.07) is 0.0853. The minimum atomic E-state index is -0.293. The van der Waals surface area contributed by atoms with Crippen LogP contribution in [-0.4, -0.2) is 70.7 Å². The first-order valence-corrected chi connectivity index (χ1v) is 9.39. The minimum absolute atomic E-state index is 0.00619. The lowest BCUT2D eigenvalue weighted by atomic mass is 9.79. The molecule has 2 saturated carbocycles. The van der Waals surface area contributed by atoms with Gasteiger partial charge in [-0.3, -0.25) is 9.59 Å². The van der Waals surface area contributed by atoms with Gasteiger partial charge in [0.2, 0.25) is 11.8 Å². The summed E-state index contributed by atoms with van der Waals surface area (Å²) in [7, 11) is 0. The zero-order valence-electron chi connectivity index (χ0n) is 14.4. The molecule has 0 bridgehead atoms. The van der Waals surface area contributed by atoms with Gasteiger partial charge in [0.05, 0.1) is 17.7 Å². The molecule has 2 heterocycles. The van der Waals surface area contributed by atoms with Crippen LogP contribution in [0.15, 0.2) is 0 Å². The molecule has 2 aliphatic heterocycles. The number of nitrogens with zero attached hydrogens (tertiary/aromatic N) is 2. The molecule has 2 aliphatic carbocycles. The van der Waals surface area contributed by atoms with Crippen molar-refractivity contribution in [3.8, 4) is 0 Å². The lowest BCUT2D eigenvalue weighted by Crippen LogP contribution is -2.64. The fourth-order valence-corrected chi connectivity index (χ4v) is 4.46. The van der Waals surface area contributed by atoms with Crippen LogP contribution in [0.2, 0.25) is 0 Å². The summed E-state index contributed by atoms with van der Waals surface area (Å²) in [5, 5.41) is 9.40. The summed E-state index contributed by atoms with van der Waals surface area (Å²) in [6.07, 6.45) is 4.99. The number of ether oxygens (including phenoxy) is 1. The van der Waals surface area contributed by atoms with E-state index in [9.17, 15) is 14.7 Å². The van der Waals surface area contributed by atoms with Crippen molar-refractivity contribution < 1.29 is 19.4 Å². The van der Waals surface area contributed by atoms with E-state index >= 15 is 0 Å². The van der Waals surface area contributed by atoms with E-state index in [4.69, 9.17) is 4.74 Å². The van der Waals surface area contributed by atoms with Crippen molar-refractivity contribution in [2.24, 2.45) is 11.8 Å². The normalized spacial score (nSPS) is 35.9. The number of aliphatic hydroxyl groups is 1. The molecule has 2 amide bonds. The van der Waals surface area contributed by atoms with Crippen LogP contribution in [0.1, 0.15) is 45.4 Å². The molecule has 1 N–H and O–H groups in total. The van der Waals surface area contributed by atoms with E-state index in [-0.39, 0.29) is 42.1 Å². The Morgan fingerprint density at radius 2 is 1.96 bits per heavy atom. The zero-order valence-corrected chi connectivity index (χ0v) is 14.4. The van der Waals surface area contributed by atoms with Crippen LogP contribution in [-0.2, 0) is 14.3 Å². The Balaban J connectivity index is 1.38. The van der Waals surface area contributed by atoms with Crippen LogP contribution in [0, 0.1) is 11.8 Å². The van der Waals surface area contributed by atoms with Crippen molar-refractivity contribution in [2.45, 2.75) is 63.2 Å². The van der Waals surface area contributed by atoms with Gasteiger partial charge in [-0.05, 0) is 51.4 Å². The van der Waals surface area contributed by atoms with Gasteiger partial charge in [0.25, 0.3) is 0 Å². The molecule has 0 radical (unpaired) electrons. The number of morpholine rings is 1. The molecule has 1 atom stereocenters. The summed E-state index contributed by atoms with van der Waals surface area (Å²) in [6.45, 7) is 4.55. The largest absolute Gasteiger partial charge is 0.393 e. The van der Waals surface area contributed by atoms with Crippen molar-refractivity contribution in [1.82, 2.24) is 9.80 Å². The standard InChI is InChI=1S/C18H28N2O4/c1-12-18(24-11-16(22)20(12)10-13-2-3-13)4-6-19(7-5-18)17(23)14-8-15(21)9-14/h12-15,21H,2-11H2,1H3/t12-,14?,15?/m1/s1. The molecule has 0 aromatic rings. The first-order chi connectivity index (χ1) is 11.5. The molecule has 24 heavy (non-hydrogen) atoms. The second-order valence-electron chi connectivity index (χ2n) is 8.17. The Labute approximate surface area is 143 Å². The molecule has 0 aromatic heterocycles. The van der Waals surface area contributed by atoms with Crippen molar-refractivity contribution >= 4 is 11.8 Å². The molecule has 2 saturated heterocycles. The van der Waals surface area contributed by atoms with E-state index in [1.807, 2.05) is 9.80 Å². The molecule has 1 spiro atoms. The van der Waals surface area contributed by atoms with Crippen LogP contribution in [0.5, 0.6) is 0 Å². The quantitative estimate of drug-likeness (QED) is 0.827. The summed E-state index contributed by atoms with van der Waals surface area (Å²) in [5.74, 6) is 0.983. The Morgan fingerprint density at radius 1 is 1.29 bits per heavy atom. The molecule has 4 fully saturated rings. The number of hydrogen-bond acceptors (Lipinski definition) is 4. The summed E-state index contributed by atoms with van der Waals surface area (Å²) in [4.78, 5) is 28.7. The van der Waals surface area contributed by atoms with E-state index in [2.05, 4.69) is 6.92 Å². The zero-order chi connectivity index (χ0) is 16.9. The highest BCUT2D eigenvalue weighted by Crippen LogP contribution is 2.39. The number of carbonyl (C=O) groups excluding carboxylic acids is 2. The third kappa shape index (κ3) is 2.84. The van der Waals surface area contributed by atoms with Crippen LogP contribution in [0.25, 0.3) is 0 Å². The van der Waals surface area contributed by atoms with Gasteiger partial charge in [0.1, 0.15) is 6.61 Å². The molecular weight excluding hydrogens is 308 g/mol. The van der Waals surface area contributed by atoms with Gasteiger partial charge in [-0.15, -0.1) is 0 Å². The lowest BCUT2D eigenvalue weighted by Gasteiger charge is -2.52. The maximum absolute atomic E-state index is 12.5. The van der Waals surface area contributed by atoms with Gasteiger partial charge in [-0.1, -0.05) is 0 Å². The van der Waals surface area contributed by atoms with E-state index in [0.29, 0.717) is 31.8 Å². The summed E-state index contributed by atoms with van der Waals surface area (Å²) < 4.78 is 6.04. The Hall–Kier alpha value is -1.14. The molecule has 4 aliphatic rings. The summed E-state index contributed by atoms with van der Waals surface area (Å²) >= 11 is 0. The number of amides is 2. The lowest BCUT2D eigenvalue weighted by molar-refractivity contribution is -0.189. The maximum Gasteiger partial charge on any atom is 0.248 e. The molecule has 6 heteroatoms. The number of likely N-dealkylation sites (tertiary alicyclic amines) is 1. The second-order valence-corrected chi connectivity index (χ2v) is 8.17. The van der Waals surface area contributed by atoms with E-state index in [0.717, 1.165) is 19.4 Å². The van der Waals surface area contributed by atoms with Crippen molar-refractivity contribution in [3.05, 3.63) is 0 Å². The van der Waals surface area contributed by atoms with E-state index in [1.54, 1.807) is 0 Å². The highest BCUT2D eigenvalue weighted by Gasteiger charge is 2.50. The van der Waals surface area contributed by atoms with Gasteiger partial charge >= 0.3 is 0 Å². The number of rotatable bonds is 3. The number of carbonyl (C=O) groups is 2. The van der Waals surface area contributed by atoms with Gasteiger partial charge in [-0.25, -0.2) is 0 Å². The van der Waals surface area contributed by atoms with E-state index in [1.165, 1.54) is 12.8 Å². The van der Waals surface area contributed by atoms with Crippen LogP contribution in [0.4, 0.5) is 0 Å². The van der Waals surface area contributed by atoms with Gasteiger partial charge in [0.15, 0.2) is 0 Å². The first kappa shape index (κ1) is 16.3. The minimum Gasteiger partial charge on any atom is -0.393 e. The topological polar surface area (TPSA) is 70.1 Å². The molecule has 6 nitrogen and oxygen atoms in total. The highest BCUT2D eigenvalue weighted by molar-refractivity contribution is 5.80. The van der Waals surface area contributed by atoms with E-state index < -0.39 is 0 Å². The number of piperidine rings is 1. The summed E-state index contributed by atoms with van der Waals surface area (Å²) in [5.41, 5.74) is -0.293. The molecule has 0 unspecified atom stereocenters. The maximum atomic E-state index is 12.5. The van der Waals surface area contributed by atoms with Crippen LogP contribution >= 0.6 is 0 Å². The SMILES string of the molecule is C[C@H]1N(CC2CC2)C(=O)COC12CCN(C(=O)C1CC(O)C1)CC2. The van der Waals surface area contributed by atoms with Gasteiger partial charge in [0, 0.05) is 25.6 Å². The van der Waals surface area contributed by atoms with Gasteiger partial charge in [-0.2, -0.15) is 0 Å². The molecule has 0 aromatic carbocycles. The number of hydrogen-bond donors (Lipinski definition) is 1. The second kappa shape index (κ2) is 5.99. The van der Waals surface area contributed by atoms with Crippen molar-refractivity contribution in [1.29, 1.82) is 0 Å². The Bertz CT molecular complexity index is 519. The third-order valence-corrected chi connectivity index (χ3v) is 6.57. The Kier molecular flexibility index (Phi) is 4.07. The molecule has 4 rings (SSSR count). The Morgan fingerprint density at radius 3 is 2.54 bits per heavy atom. The monoisotopic (exact) mass is 336 g/mol. The average Bonchev–Trinajstić information content (AvgIpc) is 3.37. The highest BCUT2D eigenvalue weighted by atomic mass is 16.5. The first-order valence-electron chi connectivity index (χ1n) is 9.39. The predicted molar refractivity (Wildman–Crippen MR) is 87.1 cm³/mol. The van der Waals surface area contributed by atoms with Crippen LogP contribution in [0.3, 0.4) is 0 Å². The molecular formula is C18H28N2O4. The predicted octanol–water partition coefficient (Wildman–Crippen LogP) is 0.776. The molecule has 134 valence electrons. The van der Waals surface area contributed by atoms with Crippen molar-refractivity contribution in [3.63, 3.8) is 0 Å². The fraction of sp³-hybridized carbons (Fsp3) is 0.889. The fourth-order valence-electron chi connectivity index (χ4n) is 4.46. The van der Waals surface area contributed by atoms with Gasteiger partial charge < -0.3 is 19.6 Å². The average molecular weight is 336 g/mol. The third-order valence-electron chi connectivity index (χ3n) is 6.57.